The summed E-state index contributed by atoms with van der Waals surface area (Å²) < 4.78 is 2.70. The zero-order valence-corrected chi connectivity index (χ0v) is 5.26. The molecule has 36 valence electrons. The van der Waals surface area contributed by atoms with Gasteiger partial charge in [-0.05, 0) is 27.3 Å². The van der Waals surface area contributed by atoms with Gasteiger partial charge >= 0.3 is 0 Å². The van der Waals surface area contributed by atoms with Crippen LogP contribution < -0.4 is 0 Å². The van der Waals surface area contributed by atoms with Crippen molar-refractivity contribution in [1.82, 2.24) is 0 Å². The molecule has 0 bridgehead atoms. The number of hydrogen-bond donors (Lipinski definition) is 0. The van der Waals surface area contributed by atoms with E-state index in [1.807, 2.05) is 23.0 Å². The Morgan fingerprint density at radius 3 is 2.14 bits per heavy atom. The van der Waals surface area contributed by atoms with Gasteiger partial charge < -0.3 is 0 Å². The van der Waals surface area contributed by atoms with Gasteiger partial charge in [0.05, 0.1) is 0 Å². The van der Waals surface area contributed by atoms with E-state index in [4.69, 9.17) is 0 Å². The van der Waals surface area contributed by atoms with Crippen molar-refractivity contribution in [3.05, 3.63) is 23.0 Å². The highest BCUT2D eigenvalue weighted by Crippen LogP contribution is 2.18. The van der Waals surface area contributed by atoms with Crippen LogP contribution in [0.1, 0.15) is 0 Å². The van der Waals surface area contributed by atoms with Gasteiger partial charge in [-0.2, -0.15) is 0 Å². The third-order valence-corrected chi connectivity index (χ3v) is 2.33. The van der Waals surface area contributed by atoms with Crippen molar-refractivity contribution in [2.45, 2.75) is 0 Å². The quantitative estimate of drug-likeness (QED) is 0.450. The van der Waals surface area contributed by atoms with Gasteiger partial charge in [-0.15, -0.1) is 0 Å². The first-order valence-corrected chi connectivity index (χ1v) is 3.64. The van der Waals surface area contributed by atoms with Gasteiger partial charge in [0.1, 0.15) is 0 Å². The monoisotopic (exact) mass is 128 g/mol. The van der Waals surface area contributed by atoms with E-state index in [0.717, 1.165) is 0 Å². The Morgan fingerprint density at radius 1 is 1.29 bits per heavy atom. The van der Waals surface area contributed by atoms with Crippen molar-refractivity contribution >= 4 is 27.0 Å². The highest BCUT2D eigenvalue weighted by atomic mass is 32.2. The molecule has 0 aromatic rings. The van der Waals surface area contributed by atoms with Crippen molar-refractivity contribution in [3.8, 4) is 0 Å². The van der Waals surface area contributed by atoms with Crippen molar-refractivity contribution in [2.75, 3.05) is 0 Å². The minimum atomic E-state index is 0.0694. The number of rotatable bonds is 0. The Hall–Kier alpha value is -0.170. The van der Waals surface area contributed by atoms with Gasteiger partial charge in [0.25, 0.3) is 0 Å². The molecule has 0 atom stereocenters. The second-order valence-electron chi connectivity index (χ2n) is 1.11. The minimum absolute atomic E-state index is 0.0694. The smallest absolute Gasteiger partial charge is 0.00755 e. The zero-order chi connectivity index (χ0) is 5.11. The number of allylic oxidation sites excluding steroid dienone is 2. The third-order valence-electron chi connectivity index (χ3n) is 0.658. The molecule has 0 aliphatic carbocycles. The molecule has 1 aliphatic heterocycles. The summed E-state index contributed by atoms with van der Waals surface area (Å²) in [7, 11) is 0.0694. The molecule has 0 aromatic carbocycles. The topological polar surface area (TPSA) is 0 Å². The third kappa shape index (κ3) is 1.10. The fraction of sp³-hybridized carbons (Fsp3) is 0. The molecular formula is C5H4S2. The number of thiocarbonyl (C=S) groups is 1. The van der Waals surface area contributed by atoms with Gasteiger partial charge in [-0.25, -0.2) is 0 Å². The minimum Gasteiger partial charge on any atom is -0.0835 e. The van der Waals surface area contributed by atoms with Crippen LogP contribution in [0, 0.1) is 0 Å². The van der Waals surface area contributed by atoms with Gasteiger partial charge in [0.15, 0.2) is 0 Å². The van der Waals surface area contributed by atoms with Crippen LogP contribution in [0.15, 0.2) is 23.0 Å². The molecule has 0 spiro atoms. The first-order valence-electron chi connectivity index (χ1n) is 1.88. The van der Waals surface area contributed by atoms with Gasteiger partial charge in [-0.1, -0.05) is 22.6 Å². The van der Waals surface area contributed by atoms with Crippen LogP contribution in [0.4, 0.5) is 0 Å². The predicted molar refractivity (Wildman–Crippen MR) is 38.5 cm³/mol. The summed E-state index contributed by atoms with van der Waals surface area (Å²) in [5.74, 6) is 0. The van der Waals surface area contributed by atoms with Crippen LogP contribution >= 0.6 is 22.7 Å². The second kappa shape index (κ2) is 2.22. The Morgan fingerprint density at radius 2 is 1.86 bits per heavy atom. The van der Waals surface area contributed by atoms with E-state index in [1.165, 1.54) is 0 Å². The summed E-state index contributed by atoms with van der Waals surface area (Å²) in [6.45, 7) is 0. The Kier molecular flexibility index (Phi) is 1.58. The standard InChI is InChI=1S/C5H4S2/c6-5-7-3-1-2-4-7/h1-4H. The van der Waals surface area contributed by atoms with Gasteiger partial charge in [-0.3, -0.25) is 0 Å². The van der Waals surface area contributed by atoms with Crippen LogP contribution in [-0.2, 0) is 0 Å². The summed E-state index contributed by atoms with van der Waals surface area (Å²) >= 11 is 4.57. The molecule has 0 unspecified atom stereocenters. The Bertz CT molecular complexity index is 157. The molecule has 1 aliphatic rings. The Labute approximate surface area is 50.5 Å². The maximum atomic E-state index is 4.57. The molecular weight excluding hydrogens is 124 g/mol. The van der Waals surface area contributed by atoms with Gasteiger partial charge in [0, 0.05) is 0 Å². The van der Waals surface area contributed by atoms with E-state index in [-0.39, 0.29) is 10.5 Å². The fourth-order valence-electron chi connectivity index (χ4n) is 0.361. The van der Waals surface area contributed by atoms with Crippen molar-refractivity contribution in [3.63, 3.8) is 0 Å². The van der Waals surface area contributed by atoms with E-state index in [0.29, 0.717) is 0 Å². The normalized spacial score (nSPS) is 17.7. The van der Waals surface area contributed by atoms with E-state index < -0.39 is 0 Å². The van der Waals surface area contributed by atoms with E-state index in [2.05, 4.69) is 16.5 Å². The highest BCUT2D eigenvalue weighted by molar-refractivity contribution is 8.23. The summed E-state index contributed by atoms with van der Waals surface area (Å²) in [6.07, 6.45) is 3.98. The molecule has 0 amide bonds. The number of hydrogen-bond acceptors (Lipinski definition) is 1. The van der Waals surface area contributed by atoms with Crippen LogP contribution in [0.3, 0.4) is 0 Å². The molecule has 0 nitrogen and oxygen atoms in total. The van der Waals surface area contributed by atoms with Crippen LogP contribution in [-0.4, -0.2) is 4.31 Å². The lowest BCUT2D eigenvalue weighted by molar-refractivity contribution is 2.15. The van der Waals surface area contributed by atoms with Crippen molar-refractivity contribution < 1.29 is 0 Å². The predicted octanol–water partition coefficient (Wildman–Crippen LogP) is 2.13. The maximum absolute atomic E-state index is 4.57. The zero-order valence-electron chi connectivity index (χ0n) is 3.63. The molecule has 7 heavy (non-hydrogen) atoms. The van der Waals surface area contributed by atoms with E-state index in [1.54, 1.807) is 0 Å². The summed E-state index contributed by atoms with van der Waals surface area (Å²) in [5, 5.41) is 4.07. The van der Waals surface area contributed by atoms with Crippen molar-refractivity contribution in [1.29, 1.82) is 0 Å². The highest BCUT2D eigenvalue weighted by Gasteiger charge is 1.82. The fourth-order valence-corrected chi connectivity index (χ4v) is 1.42. The summed E-state index contributed by atoms with van der Waals surface area (Å²) in [5.41, 5.74) is 0. The van der Waals surface area contributed by atoms with Crippen LogP contribution in [0.2, 0.25) is 0 Å². The van der Waals surface area contributed by atoms with Crippen LogP contribution in [0.25, 0.3) is 0 Å². The molecule has 0 fully saturated rings. The van der Waals surface area contributed by atoms with Crippen LogP contribution in [0.5, 0.6) is 0 Å². The van der Waals surface area contributed by atoms with E-state index >= 15 is 0 Å². The molecule has 0 saturated heterocycles. The van der Waals surface area contributed by atoms with Gasteiger partial charge in [0.2, 0.25) is 0 Å². The second-order valence-corrected chi connectivity index (χ2v) is 3.07. The lowest BCUT2D eigenvalue weighted by Gasteiger charge is -1.74. The average molecular weight is 128 g/mol. The summed E-state index contributed by atoms with van der Waals surface area (Å²) in [4.78, 5) is 0. The summed E-state index contributed by atoms with van der Waals surface area (Å²) in [6, 6.07) is 0. The molecule has 1 heterocycles. The molecule has 0 N–H and O–H groups in total. The van der Waals surface area contributed by atoms with Crippen molar-refractivity contribution in [2.24, 2.45) is 0 Å². The molecule has 0 aromatic heterocycles. The molecule has 1 rings (SSSR count). The maximum Gasteiger partial charge on any atom is -0.00755 e. The lowest BCUT2D eigenvalue weighted by atomic mass is 10.6. The average Bonchev–Trinajstić information content (AvgIpc) is 2.14. The first-order chi connectivity index (χ1) is 3.43. The first kappa shape index (κ1) is 4.98. The van der Waals surface area contributed by atoms with E-state index in [9.17, 15) is 0 Å². The SMILES string of the molecule is S=C=S1C=CC=C1. The Balaban J connectivity index is 3.00. The lowest BCUT2D eigenvalue weighted by Crippen LogP contribution is -1.40. The molecule has 0 saturated carbocycles. The molecule has 0 radical (unpaired) electrons. The largest absolute Gasteiger partial charge is 0.0835 e. The molecule has 2 heteroatoms.